The highest BCUT2D eigenvalue weighted by molar-refractivity contribution is 6.13. The number of carboxylic acid groups (broad SMARTS) is 1. The predicted molar refractivity (Wildman–Crippen MR) is 132 cm³/mol. The number of anilines is 2. The smallest absolute Gasteiger partial charge is 0.413 e. The summed E-state index contributed by atoms with van der Waals surface area (Å²) >= 11 is 0. The molecule has 3 N–H and O–H groups in total. The van der Waals surface area contributed by atoms with Crippen molar-refractivity contribution in [2.45, 2.75) is 19.6 Å². The monoisotopic (exact) mass is 478 g/mol. The van der Waals surface area contributed by atoms with Crippen LogP contribution in [-0.4, -0.2) is 39.2 Å². The number of fused-ring (bicyclic) bond motifs is 2. The number of imidazole rings is 1. The highest BCUT2D eigenvalue weighted by Gasteiger charge is 2.51. The van der Waals surface area contributed by atoms with Crippen molar-refractivity contribution >= 4 is 47.1 Å². The van der Waals surface area contributed by atoms with E-state index in [0.29, 0.717) is 33.4 Å². The summed E-state index contributed by atoms with van der Waals surface area (Å²) in [6, 6.07) is 17.9. The van der Waals surface area contributed by atoms with Gasteiger partial charge in [0.15, 0.2) is 5.72 Å². The van der Waals surface area contributed by atoms with Gasteiger partial charge in [0, 0.05) is 23.7 Å². The number of aromatic nitrogens is 2. The lowest BCUT2D eigenvalue weighted by Crippen LogP contribution is -2.45. The second kappa shape index (κ2) is 8.16. The summed E-state index contributed by atoms with van der Waals surface area (Å²) in [4.78, 5) is 34.6. The number of H-pyrrole nitrogens is 1. The minimum absolute atomic E-state index is 0. The molecule has 3 aromatic carbocycles. The molecular weight excluding hydrogens is 456 g/mol. The van der Waals surface area contributed by atoms with Crippen molar-refractivity contribution in [3.63, 3.8) is 0 Å². The number of amides is 2. The van der Waals surface area contributed by atoms with Crippen LogP contribution in [0.25, 0.3) is 11.0 Å². The summed E-state index contributed by atoms with van der Waals surface area (Å²) < 4.78 is 0. The van der Waals surface area contributed by atoms with Gasteiger partial charge in [-0.2, -0.15) is 0 Å². The maximum atomic E-state index is 13.6. The topological polar surface area (TPSA) is 110 Å². The van der Waals surface area contributed by atoms with Crippen LogP contribution in [0.4, 0.5) is 16.4 Å². The second-order valence-electron chi connectivity index (χ2n) is 8.28. The van der Waals surface area contributed by atoms with Gasteiger partial charge in [-0.3, -0.25) is 14.6 Å². The van der Waals surface area contributed by atoms with E-state index < -0.39 is 11.8 Å². The van der Waals surface area contributed by atoms with Crippen molar-refractivity contribution in [2.24, 2.45) is 0 Å². The minimum Gasteiger partial charge on any atom is -0.465 e. The lowest BCUT2D eigenvalue weighted by Gasteiger charge is -2.36. The van der Waals surface area contributed by atoms with Crippen LogP contribution < -0.4 is 9.80 Å². The molecule has 2 heterocycles. The van der Waals surface area contributed by atoms with Crippen LogP contribution in [0.2, 0.25) is 0 Å². The van der Waals surface area contributed by atoms with E-state index in [1.165, 1.54) is 11.9 Å². The first-order valence-corrected chi connectivity index (χ1v) is 10.4. The first-order valence-electron chi connectivity index (χ1n) is 10.4. The van der Waals surface area contributed by atoms with Crippen LogP contribution in [0, 0.1) is 13.8 Å². The average molecular weight is 479 g/mol. The van der Waals surface area contributed by atoms with Gasteiger partial charge in [-0.25, -0.2) is 9.78 Å². The number of nitrogens with zero attached hydrogens (tertiary/aromatic N) is 3. The number of rotatable bonds is 3. The van der Waals surface area contributed by atoms with Gasteiger partial charge in [0.05, 0.1) is 16.7 Å². The Balaban J connectivity index is 0.00000274. The number of aromatic amines is 1. The van der Waals surface area contributed by atoms with E-state index in [0.717, 1.165) is 16.0 Å². The predicted octanol–water partition coefficient (Wildman–Crippen LogP) is 4.57. The number of halogens is 1. The fourth-order valence-electron chi connectivity index (χ4n) is 4.35. The van der Waals surface area contributed by atoms with E-state index in [4.69, 9.17) is 0 Å². The Morgan fingerprint density at radius 1 is 1.09 bits per heavy atom. The molecule has 0 bridgehead atoms. The van der Waals surface area contributed by atoms with E-state index in [9.17, 15) is 19.8 Å². The Labute approximate surface area is 201 Å². The standard InChI is InChI=1S/C25H22N4O4.ClH/c1-14-8-9-15(2)21(12-14)29-22(30)17-6-4-5-7-18(17)25(29,33)16-10-11-19-20(13-16)27-23(26-19)28(3)24(31)32;/h4-13,33H,1-3H3,(H,26,27)(H,31,32);1H. The third-order valence-electron chi connectivity index (χ3n) is 6.14. The number of carbonyl (C=O) groups is 2. The molecule has 174 valence electrons. The summed E-state index contributed by atoms with van der Waals surface area (Å²) in [6.07, 6.45) is -1.15. The lowest BCUT2D eigenvalue weighted by atomic mass is 9.93. The largest absolute Gasteiger partial charge is 0.465 e. The number of benzene rings is 3. The fraction of sp³-hybridized carbons (Fsp3) is 0.160. The third-order valence-corrected chi connectivity index (χ3v) is 6.14. The molecule has 34 heavy (non-hydrogen) atoms. The van der Waals surface area contributed by atoms with Crippen LogP contribution in [0.15, 0.2) is 60.7 Å². The van der Waals surface area contributed by atoms with Crippen LogP contribution in [-0.2, 0) is 5.72 Å². The SMILES string of the molecule is Cc1ccc(C)c(N2C(=O)c3ccccc3C2(O)c2ccc3nc(N(C)C(=O)O)[nH]c3c2)c1.Cl. The van der Waals surface area contributed by atoms with Gasteiger partial charge in [0.25, 0.3) is 5.91 Å². The summed E-state index contributed by atoms with van der Waals surface area (Å²) in [5, 5.41) is 21.5. The third kappa shape index (κ3) is 3.30. The zero-order valence-corrected chi connectivity index (χ0v) is 19.6. The Bertz CT molecular complexity index is 1450. The number of nitrogens with one attached hydrogen (secondary N) is 1. The lowest BCUT2D eigenvalue weighted by molar-refractivity contribution is 0.0703. The Hall–Kier alpha value is -3.88. The molecule has 2 amide bonds. The number of aryl methyl sites for hydroxylation is 2. The number of hydrogen-bond donors (Lipinski definition) is 3. The van der Waals surface area contributed by atoms with E-state index in [1.54, 1.807) is 42.5 Å². The van der Waals surface area contributed by atoms with Crippen molar-refractivity contribution in [2.75, 3.05) is 16.8 Å². The zero-order valence-electron chi connectivity index (χ0n) is 18.7. The maximum Gasteiger partial charge on any atom is 0.413 e. The molecule has 1 aliphatic heterocycles. The molecule has 1 atom stereocenters. The van der Waals surface area contributed by atoms with E-state index in [2.05, 4.69) is 9.97 Å². The normalized spacial score (nSPS) is 16.9. The quantitative estimate of drug-likeness (QED) is 0.399. The summed E-state index contributed by atoms with van der Waals surface area (Å²) in [7, 11) is 1.39. The molecule has 0 saturated carbocycles. The maximum absolute atomic E-state index is 13.6. The van der Waals surface area contributed by atoms with Crippen LogP contribution >= 0.6 is 12.4 Å². The Morgan fingerprint density at radius 3 is 2.56 bits per heavy atom. The van der Waals surface area contributed by atoms with Gasteiger partial charge < -0.3 is 15.2 Å². The van der Waals surface area contributed by atoms with Gasteiger partial charge in [0.1, 0.15) is 0 Å². The molecule has 1 aromatic heterocycles. The Morgan fingerprint density at radius 2 is 1.82 bits per heavy atom. The highest BCUT2D eigenvalue weighted by atomic mass is 35.5. The van der Waals surface area contributed by atoms with Crippen molar-refractivity contribution < 1.29 is 19.8 Å². The van der Waals surface area contributed by atoms with Gasteiger partial charge in [0.2, 0.25) is 5.95 Å². The Kier molecular flexibility index (Phi) is 5.59. The van der Waals surface area contributed by atoms with Gasteiger partial charge >= 0.3 is 6.09 Å². The summed E-state index contributed by atoms with van der Waals surface area (Å²) in [5.41, 5.74) is 3.14. The zero-order chi connectivity index (χ0) is 23.5. The average Bonchev–Trinajstić information content (AvgIpc) is 3.32. The molecular formula is C25H23ClN4O4. The number of carbonyl (C=O) groups excluding carboxylic acids is 1. The molecule has 1 unspecified atom stereocenters. The fourth-order valence-corrected chi connectivity index (χ4v) is 4.35. The van der Waals surface area contributed by atoms with E-state index in [1.807, 2.05) is 32.0 Å². The molecule has 0 saturated heterocycles. The molecule has 5 rings (SSSR count). The van der Waals surface area contributed by atoms with Gasteiger partial charge in [-0.15, -0.1) is 12.4 Å². The van der Waals surface area contributed by atoms with Crippen molar-refractivity contribution in [1.82, 2.24) is 9.97 Å². The molecule has 0 spiro atoms. The highest BCUT2D eigenvalue weighted by Crippen LogP contribution is 2.46. The first-order chi connectivity index (χ1) is 15.7. The van der Waals surface area contributed by atoms with E-state index >= 15 is 0 Å². The van der Waals surface area contributed by atoms with Crippen molar-refractivity contribution in [3.8, 4) is 0 Å². The number of aliphatic hydroxyl groups is 1. The molecule has 0 radical (unpaired) electrons. The van der Waals surface area contributed by atoms with Crippen LogP contribution in [0.1, 0.15) is 32.6 Å². The first kappa shape index (κ1) is 23.3. The molecule has 9 heteroatoms. The van der Waals surface area contributed by atoms with Crippen LogP contribution in [0.3, 0.4) is 0 Å². The molecule has 0 aliphatic carbocycles. The van der Waals surface area contributed by atoms with Gasteiger partial charge in [-0.05, 0) is 49.2 Å². The molecule has 0 fully saturated rings. The second-order valence-corrected chi connectivity index (χ2v) is 8.28. The van der Waals surface area contributed by atoms with Crippen molar-refractivity contribution in [1.29, 1.82) is 0 Å². The van der Waals surface area contributed by atoms with Crippen LogP contribution in [0.5, 0.6) is 0 Å². The summed E-state index contributed by atoms with van der Waals surface area (Å²) in [6.45, 7) is 3.84. The molecule has 8 nitrogen and oxygen atoms in total. The molecule has 4 aromatic rings. The minimum atomic E-state index is -1.76. The van der Waals surface area contributed by atoms with Crippen molar-refractivity contribution in [3.05, 3.63) is 88.5 Å². The molecule has 1 aliphatic rings. The summed E-state index contributed by atoms with van der Waals surface area (Å²) in [5.74, 6) is -0.131. The van der Waals surface area contributed by atoms with Gasteiger partial charge in [-0.1, -0.05) is 36.4 Å². The van der Waals surface area contributed by atoms with E-state index in [-0.39, 0.29) is 24.3 Å². The number of hydrogen-bond acceptors (Lipinski definition) is 4.